The van der Waals surface area contributed by atoms with E-state index >= 15 is 0 Å². The van der Waals surface area contributed by atoms with E-state index < -0.39 is 0 Å². The van der Waals surface area contributed by atoms with Crippen LogP contribution in [0.2, 0.25) is 0 Å². The third kappa shape index (κ3) is 4.01. The highest BCUT2D eigenvalue weighted by molar-refractivity contribution is 5.91. The van der Waals surface area contributed by atoms with E-state index in [1.54, 1.807) is 20.9 Å². The van der Waals surface area contributed by atoms with Gasteiger partial charge in [0, 0.05) is 20.1 Å². The molecule has 0 aliphatic heterocycles. The Hall–Kier alpha value is -2.78. The van der Waals surface area contributed by atoms with Crippen LogP contribution in [0.1, 0.15) is 52.1 Å². The van der Waals surface area contributed by atoms with Crippen molar-refractivity contribution in [3.8, 4) is 0 Å². The fraction of sp³-hybridized carbons (Fsp3) is 0.600. The minimum atomic E-state index is -0.293. The van der Waals surface area contributed by atoms with Crippen molar-refractivity contribution in [1.82, 2.24) is 40.6 Å². The highest BCUT2D eigenvalue weighted by atomic mass is 16.2. The Labute approximate surface area is 144 Å². The fourth-order valence-corrected chi connectivity index (χ4v) is 2.71. The van der Waals surface area contributed by atoms with Crippen LogP contribution < -0.4 is 10.6 Å². The molecule has 134 valence electrons. The summed E-state index contributed by atoms with van der Waals surface area (Å²) in [4.78, 5) is 32.2. The fourth-order valence-electron chi connectivity index (χ4n) is 2.71. The maximum atomic E-state index is 12.2. The first-order chi connectivity index (χ1) is 11.9. The van der Waals surface area contributed by atoms with Gasteiger partial charge in [-0.15, -0.1) is 5.10 Å². The van der Waals surface area contributed by atoms with Crippen molar-refractivity contribution in [2.75, 3.05) is 13.1 Å². The predicted octanol–water partition coefficient (Wildman–Crippen LogP) is -0.120. The van der Waals surface area contributed by atoms with Gasteiger partial charge in [-0.3, -0.25) is 14.7 Å². The molecule has 1 fully saturated rings. The van der Waals surface area contributed by atoms with Crippen LogP contribution in [0.4, 0.5) is 0 Å². The molecule has 2 aromatic heterocycles. The summed E-state index contributed by atoms with van der Waals surface area (Å²) < 4.78 is 1.48. The van der Waals surface area contributed by atoms with Gasteiger partial charge in [0.25, 0.3) is 11.8 Å². The van der Waals surface area contributed by atoms with Gasteiger partial charge < -0.3 is 10.6 Å². The molecule has 2 aromatic rings. The molecular formula is C15H22N8O2. The number of hydrogen-bond acceptors (Lipinski definition) is 6. The molecule has 10 nitrogen and oxygen atoms in total. The van der Waals surface area contributed by atoms with E-state index in [0.29, 0.717) is 30.6 Å². The number of rotatable bonds is 7. The zero-order chi connectivity index (χ0) is 18.0. The summed E-state index contributed by atoms with van der Waals surface area (Å²) in [5, 5.41) is 16.3. The van der Waals surface area contributed by atoms with Crippen LogP contribution in [0.25, 0.3) is 0 Å². The molecule has 25 heavy (non-hydrogen) atoms. The SMILES string of the molecule is Cc1nc(C(=O)NCC2(CCNC(=O)c3n[nH]c(C)n3)CC2)n(C)n1. The van der Waals surface area contributed by atoms with E-state index in [-0.39, 0.29) is 23.1 Å². The quantitative estimate of drug-likeness (QED) is 0.641. The first kappa shape index (κ1) is 17.1. The molecule has 0 unspecified atom stereocenters. The molecule has 1 saturated carbocycles. The standard InChI is InChI=1S/C15H22N8O2/c1-9-18-11(21-20-9)13(24)16-7-6-15(4-5-15)8-17-14(25)12-19-10(2)22-23(12)3/h4-8H2,1-3H3,(H,16,24)(H,17,25)(H,18,20,21). The van der Waals surface area contributed by atoms with Crippen molar-refractivity contribution in [2.45, 2.75) is 33.1 Å². The molecule has 0 spiro atoms. The Bertz CT molecular complexity index is 789. The lowest BCUT2D eigenvalue weighted by molar-refractivity contribution is 0.0916. The van der Waals surface area contributed by atoms with Crippen LogP contribution in [0.3, 0.4) is 0 Å². The summed E-state index contributed by atoms with van der Waals surface area (Å²) in [5.41, 5.74) is 0.0471. The van der Waals surface area contributed by atoms with Crippen LogP contribution in [-0.4, -0.2) is 54.8 Å². The second-order valence-electron chi connectivity index (χ2n) is 6.54. The average Bonchev–Trinajstić information content (AvgIpc) is 3.05. The van der Waals surface area contributed by atoms with Gasteiger partial charge in [0.15, 0.2) is 0 Å². The van der Waals surface area contributed by atoms with Crippen LogP contribution in [0.15, 0.2) is 0 Å². The van der Waals surface area contributed by atoms with E-state index in [9.17, 15) is 9.59 Å². The molecule has 3 N–H and O–H groups in total. The normalized spacial score (nSPS) is 15.0. The van der Waals surface area contributed by atoms with E-state index in [4.69, 9.17) is 0 Å². The van der Waals surface area contributed by atoms with Crippen LogP contribution in [0.5, 0.6) is 0 Å². The van der Waals surface area contributed by atoms with Gasteiger partial charge in [-0.05, 0) is 38.5 Å². The molecule has 1 aliphatic carbocycles. The van der Waals surface area contributed by atoms with Crippen molar-refractivity contribution >= 4 is 11.8 Å². The summed E-state index contributed by atoms with van der Waals surface area (Å²) in [6.45, 7) is 4.57. The van der Waals surface area contributed by atoms with Crippen LogP contribution in [0, 0.1) is 19.3 Å². The van der Waals surface area contributed by atoms with Gasteiger partial charge in [0.2, 0.25) is 11.6 Å². The highest BCUT2D eigenvalue weighted by Gasteiger charge is 2.42. The molecule has 1 aliphatic rings. The second-order valence-corrected chi connectivity index (χ2v) is 6.54. The number of amides is 2. The van der Waals surface area contributed by atoms with E-state index in [1.807, 2.05) is 0 Å². The lowest BCUT2D eigenvalue weighted by atomic mass is 10.0. The first-order valence-electron chi connectivity index (χ1n) is 8.22. The summed E-state index contributed by atoms with van der Waals surface area (Å²) in [7, 11) is 1.70. The average molecular weight is 346 g/mol. The molecule has 0 bridgehead atoms. The lowest BCUT2D eigenvalue weighted by Crippen LogP contribution is -2.34. The topological polar surface area (TPSA) is 130 Å². The highest BCUT2D eigenvalue weighted by Crippen LogP contribution is 2.47. The van der Waals surface area contributed by atoms with Gasteiger partial charge in [-0.2, -0.15) is 5.10 Å². The van der Waals surface area contributed by atoms with E-state index in [2.05, 4.69) is 35.9 Å². The Morgan fingerprint density at radius 1 is 1.20 bits per heavy atom. The number of nitrogens with one attached hydrogen (secondary N) is 3. The maximum Gasteiger partial charge on any atom is 0.290 e. The summed E-state index contributed by atoms with van der Waals surface area (Å²) in [6, 6.07) is 0. The number of aromatic amines is 1. The van der Waals surface area contributed by atoms with Gasteiger partial charge in [0.1, 0.15) is 11.6 Å². The zero-order valence-electron chi connectivity index (χ0n) is 14.6. The molecule has 0 atom stereocenters. The number of carbonyl (C=O) groups excluding carboxylic acids is 2. The Morgan fingerprint density at radius 3 is 2.52 bits per heavy atom. The molecule has 3 rings (SSSR count). The van der Waals surface area contributed by atoms with Crippen molar-refractivity contribution in [2.24, 2.45) is 12.5 Å². The number of aromatic nitrogens is 6. The summed E-state index contributed by atoms with van der Waals surface area (Å²) in [5.74, 6) is 1.10. The molecule has 0 aromatic carbocycles. The molecule has 2 amide bonds. The van der Waals surface area contributed by atoms with E-state index in [1.165, 1.54) is 4.68 Å². The second kappa shape index (κ2) is 6.61. The number of aryl methyl sites for hydroxylation is 3. The minimum absolute atomic E-state index is 0.0471. The third-order valence-electron chi connectivity index (χ3n) is 4.39. The van der Waals surface area contributed by atoms with E-state index in [0.717, 1.165) is 19.3 Å². The van der Waals surface area contributed by atoms with Crippen LogP contribution in [-0.2, 0) is 7.05 Å². The smallest absolute Gasteiger partial charge is 0.290 e. The van der Waals surface area contributed by atoms with Gasteiger partial charge in [-0.25, -0.2) is 14.6 Å². The molecular weight excluding hydrogens is 324 g/mol. The number of carbonyl (C=O) groups is 2. The summed E-state index contributed by atoms with van der Waals surface area (Å²) >= 11 is 0. The number of nitrogens with zero attached hydrogens (tertiary/aromatic N) is 5. The van der Waals surface area contributed by atoms with Gasteiger partial charge in [-0.1, -0.05) is 0 Å². The van der Waals surface area contributed by atoms with Crippen molar-refractivity contribution < 1.29 is 9.59 Å². The van der Waals surface area contributed by atoms with Gasteiger partial charge >= 0.3 is 0 Å². The molecule has 2 heterocycles. The largest absolute Gasteiger partial charge is 0.349 e. The predicted molar refractivity (Wildman–Crippen MR) is 87.8 cm³/mol. The monoisotopic (exact) mass is 346 g/mol. The molecule has 0 saturated heterocycles. The number of H-pyrrole nitrogens is 1. The van der Waals surface area contributed by atoms with Crippen molar-refractivity contribution in [3.63, 3.8) is 0 Å². The summed E-state index contributed by atoms with van der Waals surface area (Å²) in [6.07, 6.45) is 2.85. The van der Waals surface area contributed by atoms with Gasteiger partial charge in [0.05, 0.1) is 0 Å². The van der Waals surface area contributed by atoms with Crippen LogP contribution >= 0.6 is 0 Å². The lowest BCUT2D eigenvalue weighted by Gasteiger charge is -2.15. The minimum Gasteiger partial charge on any atom is -0.349 e. The Balaban J connectivity index is 1.44. The first-order valence-corrected chi connectivity index (χ1v) is 8.22. The zero-order valence-corrected chi connectivity index (χ0v) is 14.6. The third-order valence-corrected chi connectivity index (χ3v) is 4.39. The molecule has 10 heteroatoms. The van der Waals surface area contributed by atoms with Crippen molar-refractivity contribution in [1.29, 1.82) is 0 Å². The molecule has 0 radical (unpaired) electrons. The maximum absolute atomic E-state index is 12.2. The Kier molecular flexibility index (Phi) is 4.51. The Morgan fingerprint density at radius 2 is 1.96 bits per heavy atom. The number of hydrogen-bond donors (Lipinski definition) is 3. The van der Waals surface area contributed by atoms with Crippen molar-refractivity contribution in [3.05, 3.63) is 23.3 Å².